The lowest BCUT2D eigenvalue weighted by Gasteiger charge is -2.23. The van der Waals surface area contributed by atoms with Gasteiger partial charge in [-0.25, -0.2) is 13.1 Å². The molecular formula is C13H22N4O2S. The van der Waals surface area contributed by atoms with Gasteiger partial charge in [-0.3, -0.25) is 0 Å². The van der Waals surface area contributed by atoms with Crippen molar-refractivity contribution in [3.8, 4) is 0 Å². The molecule has 0 amide bonds. The average Bonchev–Trinajstić information content (AvgIpc) is 2.63. The highest BCUT2D eigenvalue weighted by atomic mass is 32.2. The quantitative estimate of drug-likeness (QED) is 0.786. The second kappa shape index (κ2) is 5.99. The molecule has 1 aliphatic rings. The molecule has 6 nitrogen and oxygen atoms in total. The molecule has 0 radical (unpaired) electrons. The molecule has 0 spiro atoms. The molecule has 0 unspecified atom stereocenters. The van der Waals surface area contributed by atoms with E-state index in [4.69, 9.17) is 5.73 Å². The minimum atomic E-state index is -3.49. The van der Waals surface area contributed by atoms with Crippen molar-refractivity contribution < 1.29 is 8.42 Å². The highest BCUT2D eigenvalue weighted by Crippen LogP contribution is 2.25. The Morgan fingerprint density at radius 1 is 1.20 bits per heavy atom. The van der Waals surface area contributed by atoms with E-state index < -0.39 is 10.0 Å². The highest BCUT2D eigenvalue weighted by Gasteiger charge is 2.18. The zero-order valence-electron chi connectivity index (χ0n) is 12.0. The number of nitrogen functional groups attached to an aromatic ring is 1. The van der Waals surface area contributed by atoms with Crippen molar-refractivity contribution in [2.75, 3.05) is 50.9 Å². The molecule has 0 aliphatic carbocycles. The van der Waals surface area contributed by atoms with Crippen LogP contribution in [-0.4, -0.2) is 53.6 Å². The van der Waals surface area contributed by atoms with Gasteiger partial charge in [-0.15, -0.1) is 0 Å². The molecular weight excluding hydrogens is 276 g/mol. The van der Waals surface area contributed by atoms with Crippen LogP contribution in [0.1, 0.15) is 6.42 Å². The Bertz CT molecular complexity index is 574. The van der Waals surface area contributed by atoms with Crippen LogP contribution < -0.4 is 15.4 Å². The van der Waals surface area contributed by atoms with E-state index >= 15 is 0 Å². The summed E-state index contributed by atoms with van der Waals surface area (Å²) in [7, 11) is -0.000252. The minimum Gasteiger partial charge on any atom is -0.398 e. The first-order chi connectivity index (χ1) is 9.44. The summed E-state index contributed by atoms with van der Waals surface area (Å²) in [5, 5.41) is 0. The predicted molar refractivity (Wildman–Crippen MR) is 81.4 cm³/mol. The van der Waals surface area contributed by atoms with Crippen LogP contribution in [0, 0.1) is 0 Å². The number of nitrogens with one attached hydrogen (secondary N) is 1. The van der Waals surface area contributed by atoms with Gasteiger partial charge in [-0.2, -0.15) is 0 Å². The summed E-state index contributed by atoms with van der Waals surface area (Å²) in [5.74, 6) is 0. The summed E-state index contributed by atoms with van der Waals surface area (Å²) >= 11 is 0. The Kier molecular flexibility index (Phi) is 4.52. The molecule has 20 heavy (non-hydrogen) atoms. The van der Waals surface area contributed by atoms with Crippen LogP contribution in [0.25, 0.3) is 0 Å². The van der Waals surface area contributed by atoms with Gasteiger partial charge in [-0.1, -0.05) is 0 Å². The minimum absolute atomic E-state index is 0.135. The van der Waals surface area contributed by atoms with E-state index in [2.05, 4.69) is 21.6 Å². The molecule has 1 aromatic rings. The van der Waals surface area contributed by atoms with Crippen molar-refractivity contribution >= 4 is 21.4 Å². The molecule has 112 valence electrons. The van der Waals surface area contributed by atoms with Crippen molar-refractivity contribution in [3.63, 3.8) is 0 Å². The van der Waals surface area contributed by atoms with Gasteiger partial charge in [-0.05, 0) is 45.3 Å². The lowest BCUT2D eigenvalue weighted by molar-refractivity contribution is 0.360. The first kappa shape index (κ1) is 15.1. The molecule has 0 bridgehead atoms. The number of hydrogen-bond donors (Lipinski definition) is 2. The number of rotatable bonds is 3. The van der Waals surface area contributed by atoms with Gasteiger partial charge in [0.2, 0.25) is 10.0 Å². The van der Waals surface area contributed by atoms with Gasteiger partial charge in [0, 0.05) is 25.3 Å². The first-order valence-electron chi connectivity index (χ1n) is 6.70. The Morgan fingerprint density at radius 2 is 1.95 bits per heavy atom. The zero-order chi connectivity index (χ0) is 14.8. The van der Waals surface area contributed by atoms with E-state index in [1.807, 2.05) is 6.07 Å². The average molecular weight is 298 g/mol. The van der Waals surface area contributed by atoms with Crippen LogP contribution in [0.4, 0.5) is 11.4 Å². The third-order valence-corrected chi connectivity index (χ3v) is 5.12. The number of nitrogens with two attached hydrogens (primary N) is 1. The molecule has 1 saturated heterocycles. The first-order valence-corrected chi connectivity index (χ1v) is 8.19. The number of anilines is 2. The Balaban J connectivity index is 2.25. The van der Waals surface area contributed by atoms with E-state index in [0.29, 0.717) is 0 Å². The third kappa shape index (κ3) is 3.23. The van der Waals surface area contributed by atoms with Crippen molar-refractivity contribution in [3.05, 3.63) is 18.2 Å². The van der Waals surface area contributed by atoms with E-state index in [9.17, 15) is 8.42 Å². The number of hydrogen-bond acceptors (Lipinski definition) is 5. The van der Waals surface area contributed by atoms with Gasteiger partial charge < -0.3 is 15.5 Å². The van der Waals surface area contributed by atoms with Crippen LogP contribution in [0.2, 0.25) is 0 Å². The second-order valence-corrected chi connectivity index (χ2v) is 6.93. The fraction of sp³-hybridized carbons (Fsp3) is 0.538. The Labute approximate surface area is 120 Å². The molecule has 7 heteroatoms. The number of sulfonamides is 1. The van der Waals surface area contributed by atoms with E-state index in [0.717, 1.165) is 38.3 Å². The molecule has 1 fully saturated rings. The number of benzene rings is 1. The summed E-state index contributed by atoms with van der Waals surface area (Å²) in [6.07, 6.45) is 1.09. The normalized spacial score (nSPS) is 18.0. The topological polar surface area (TPSA) is 78.7 Å². The van der Waals surface area contributed by atoms with Gasteiger partial charge in [0.15, 0.2) is 0 Å². The Morgan fingerprint density at radius 3 is 2.60 bits per heavy atom. The summed E-state index contributed by atoms with van der Waals surface area (Å²) in [6, 6.07) is 5.15. The van der Waals surface area contributed by atoms with Crippen molar-refractivity contribution in [2.24, 2.45) is 0 Å². The lowest BCUT2D eigenvalue weighted by Crippen LogP contribution is -2.29. The maximum absolute atomic E-state index is 11.8. The fourth-order valence-corrected chi connectivity index (χ4v) is 3.23. The van der Waals surface area contributed by atoms with Gasteiger partial charge in [0.05, 0.1) is 5.69 Å². The van der Waals surface area contributed by atoms with Crippen LogP contribution in [0.15, 0.2) is 23.1 Å². The van der Waals surface area contributed by atoms with E-state index in [1.165, 1.54) is 7.05 Å². The maximum Gasteiger partial charge on any atom is 0.242 e. The van der Waals surface area contributed by atoms with Crippen LogP contribution in [0.3, 0.4) is 0 Å². The SMILES string of the molecule is CNS(=O)(=O)c1ccc(N2CCCN(C)CC2)cc1N. The number of nitrogens with zero attached hydrogens (tertiary/aromatic N) is 2. The highest BCUT2D eigenvalue weighted by molar-refractivity contribution is 7.89. The van der Waals surface area contributed by atoms with Crippen molar-refractivity contribution in [1.29, 1.82) is 0 Å². The molecule has 2 rings (SSSR count). The molecule has 1 heterocycles. The number of likely N-dealkylation sites (N-methyl/N-ethyl adjacent to an activating group) is 1. The van der Waals surface area contributed by atoms with Gasteiger partial charge in [0.1, 0.15) is 4.90 Å². The standard InChI is InChI=1S/C13H22N4O2S/c1-15-20(18,19)13-5-4-11(10-12(13)14)17-7-3-6-16(2)8-9-17/h4-5,10,15H,3,6-9,14H2,1-2H3. The second-order valence-electron chi connectivity index (χ2n) is 5.07. The van der Waals surface area contributed by atoms with Crippen LogP contribution in [-0.2, 0) is 10.0 Å². The summed E-state index contributed by atoms with van der Waals surface area (Å²) in [5.41, 5.74) is 7.17. The van der Waals surface area contributed by atoms with Crippen molar-refractivity contribution in [2.45, 2.75) is 11.3 Å². The van der Waals surface area contributed by atoms with Crippen molar-refractivity contribution in [1.82, 2.24) is 9.62 Å². The predicted octanol–water partition coefficient (Wildman–Crippen LogP) is 0.319. The molecule has 1 aliphatic heterocycles. The fourth-order valence-electron chi connectivity index (χ4n) is 2.39. The van der Waals surface area contributed by atoms with E-state index in [1.54, 1.807) is 12.1 Å². The summed E-state index contributed by atoms with van der Waals surface area (Å²) in [6.45, 7) is 3.96. The van der Waals surface area contributed by atoms with E-state index in [-0.39, 0.29) is 10.6 Å². The van der Waals surface area contributed by atoms with Crippen LogP contribution in [0.5, 0.6) is 0 Å². The van der Waals surface area contributed by atoms with Gasteiger partial charge >= 0.3 is 0 Å². The summed E-state index contributed by atoms with van der Waals surface area (Å²) < 4.78 is 25.9. The van der Waals surface area contributed by atoms with Gasteiger partial charge in [0.25, 0.3) is 0 Å². The molecule has 0 aromatic heterocycles. The smallest absolute Gasteiger partial charge is 0.242 e. The Hall–Kier alpha value is -1.31. The maximum atomic E-state index is 11.8. The lowest BCUT2D eigenvalue weighted by atomic mass is 10.2. The van der Waals surface area contributed by atoms with Crippen LogP contribution >= 0.6 is 0 Å². The zero-order valence-corrected chi connectivity index (χ0v) is 12.8. The molecule has 0 atom stereocenters. The molecule has 3 N–H and O–H groups in total. The monoisotopic (exact) mass is 298 g/mol. The third-order valence-electron chi connectivity index (χ3n) is 3.64. The summed E-state index contributed by atoms with van der Waals surface area (Å²) in [4.78, 5) is 4.68. The largest absolute Gasteiger partial charge is 0.398 e. The molecule has 0 saturated carbocycles. The molecule has 1 aromatic carbocycles.